The fourth-order valence-electron chi connectivity index (χ4n) is 3.62. The van der Waals surface area contributed by atoms with E-state index in [9.17, 15) is 9.59 Å². The number of aromatic nitrogens is 4. The molecular formula is C24H15Cl2N5O2. The summed E-state index contributed by atoms with van der Waals surface area (Å²) in [5.41, 5.74) is 2.60. The number of para-hydroxylation sites is 1. The van der Waals surface area contributed by atoms with Crippen LogP contribution >= 0.6 is 23.2 Å². The maximum absolute atomic E-state index is 13.1. The van der Waals surface area contributed by atoms with Gasteiger partial charge in [0.25, 0.3) is 11.7 Å². The largest absolute Gasteiger partial charge is 0.326 e. The van der Waals surface area contributed by atoms with E-state index in [0.717, 1.165) is 16.6 Å². The Balaban J connectivity index is 1.49. The summed E-state index contributed by atoms with van der Waals surface area (Å²) in [5, 5.41) is 4.35. The van der Waals surface area contributed by atoms with Gasteiger partial charge in [0.2, 0.25) is 0 Å². The first-order valence-electron chi connectivity index (χ1n) is 9.94. The molecule has 0 spiro atoms. The van der Waals surface area contributed by atoms with Gasteiger partial charge < -0.3 is 9.88 Å². The van der Waals surface area contributed by atoms with E-state index in [1.54, 1.807) is 29.1 Å². The predicted molar refractivity (Wildman–Crippen MR) is 128 cm³/mol. The lowest BCUT2D eigenvalue weighted by Crippen LogP contribution is -2.23. The number of nitrogens with zero attached hydrogens (tertiary/aromatic N) is 4. The number of rotatable bonds is 5. The number of hydrogen-bond donors (Lipinski definition) is 1. The fourth-order valence-corrected chi connectivity index (χ4v) is 4.08. The highest BCUT2D eigenvalue weighted by Crippen LogP contribution is 2.29. The first kappa shape index (κ1) is 21.1. The van der Waals surface area contributed by atoms with Gasteiger partial charge in [-0.25, -0.2) is 4.98 Å². The van der Waals surface area contributed by atoms with Crippen LogP contribution in [0.2, 0.25) is 10.0 Å². The second-order valence-corrected chi connectivity index (χ2v) is 8.12. The summed E-state index contributed by atoms with van der Waals surface area (Å²) in [4.78, 5) is 38.7. The zero-order valence-corrected chi connectivity index (χ0v) is 18.5. The van der Waals surface area contributed by atoms with E-state index in [4.69, 9.17) is 28.2 Å². The number of carbonyl (C=O) groups is 2. The third-order valence-corrected chi connectivity index (χ3v) is 5.74. The second kappa shape index (κ2) is 8.61. The van der Waals surface area contributed by atoms with E-state index in [-0.39, 0.29) is 21.3 Å². The normalized spacial score (nSPS) is 11.1. The van der Waals surface area contributed by atoms with Crippen LogP contribution in [0.1, 0.15) is 16.1 Å². The number of pyridine rings is 3. The summed E-state index contributed by atoms with van der Waals surface area (Å²) in [5.74, 6) is -1.60. The Labute approximate surface area is 198 Å². The lowest BCUT2D eigenvalue weighted by atomic mass is 10.1. The smallest absolute Gasteiger partial charge is 0.296 e. The van der Waals surface area contributed by atoms with Gasteiger partial charge in [-0.1, -0.05) is 47.5 Å². The van der Waals surface area contributed by atoms with Gasteiger partial charge in [-0.15, -0.1) is 0 Å². The minimum atomic E-state index is -0.864. The minimum absolute atomic E-state index is 0.133. The molecule has 0 aliphatic carbocycles. The van der Waals surface area contributed by atoms with Gasteiger partial charge in [0, 0.05) is 35.6 Å². The van der Waals surface area contributed by atoms with E-state index in [2.05, 4.69) is 15.3 Å². The fraction of sp³-hybridized carbons (Fsp3) is 0.0417. The van der Waals surface area contributed by atoms with Crippen molar-refractivity contribution in [1.82, 2.24) is 19.5 Å². The number of nitrogens with one attached hydrogen (secondary N) is 1. The van der Waals surface area contributed by atoms with Crippen molar-refractivity contribution in [1.29, 1.82) is 0 Å². The van der Waals surface area contributed by atoms with Crippen molar-refractivity contribution in [3.05, 3.63) is 94.6 Å². The van der Waals surface area contributed by atoms with Crippen molar-refractivity contribution in [2.75, 3.05) is 5.32 Å². The topological polar surface area (TPSA) is 89.8 Å². The molecule has 0 radical (unpaired) electrons. The molecule has 1 aromatic carbocycles. The Hall–Kier alpha value is -3.81. The Morgan fingerprint density at radius 3 is 2.58 bits per heavy atom. The van der Waals surface area contributed by atoms with Gasteiger partial charge in [-0.05, 0) is 24.3 Å². The molecule has 0 saturated heterocycles. The molecule has 33 heavy (non-hydrogen) atoms. The number of anilines is 1. The molecule has 0 bridgehead atoms. The number of fused-ring (bicyclic) bond motifs is 2. The molecule has 0 atom stereocenters. The third-order valence-electron chi connectivity index (χ3n) is 5.17. The van der Waals surface area contributed by atoms with Crippen LogP contribution in [-0.4, -0.2) is 31.2 Å². The lowest BCUT2D eigenvalue weighted by molar-refractivity contribution is -0.112. The molecule has 0 unspecified atom stereocenters. The van der Waals surface area contributed by atoms with Gasteiger partial charge in [-0.2, -0.15) is 0 Å². The van der Waals surface area contributed by atoms with Crippen LogP contribution < -0.4 is 5.32 Å². The van der Waals surface area contributed by atoms with Crippen LogP contribution in [0, 0.1) is 0 Å². The van der Waals surface area contributed by atoms with Crippen molar-refractivity contribution in [2.45, 2.75) is 6.54 Å². The van der Waals surface area contributed by atoms with E-state index in [0.29, 0.717) is 17.6 Å². The number of Topliss-reactive ketones (excluding diaryl/α,β-unsaturated/α-hetero) is 1. The van der Waals surface area contributed by atoms with E-state index < -0.39 is 11.7 Å². The van der Waals surface area contributed by atoms with E-state index in [1.807, 2.05) is 36.4 Å². The molecule has 0 aliphatic heterocycles. The molecule has 4 heterocycles. The van der Waals surface area contributed by atoms with Gasteiger partial charge in [0.05, 0.1) is 39.1 Å². The average molecular weight is 476 g/mol. The summed E-state index contributed by atoms with van der Waals surface area (Å²) in [7, 11) is 0. The Bertz CT molecular complexity index is 1530. The quantitative estimate of drug-likeness (QED) is 0.280. The van der Waals surface area contributed by atoms with Crippen molar-refractivity contribution in [3.8, 4) is 0 Å². The molecule has 0 saturated carbocycles. The summed E-state index contributed by atoms with van der Waals surface area (Å²) in [6.45, 7) is 0.384. The number of halogens is 2. The standard InChI is InChI=1S/C24H15Cl2N5O2/c25-18-10-27-11-19(26)21(18)30-24(33)22(32)17-13-31(23-16(17)5-3-9-28-23)12-15-8-7-14-4-1-2-6-20(14)29-15/h1-11,13H,12H2,(H,27,30,33). The number of ketones is 1. The summed E-state index contributed by atoms with van der Waals surface area (Å²) >= 11 is 12.1. The first-order valence-corrected chi connectivity index (χ1v) is 10.7. The van der Waals surface area contributed by atoms with Crippen LogP contribution in [0.5, 0.6) is 0 Å². The molecule has 4 aromatic heterocycles. The van der Waals surface area contributed by atoms with Crippen LogP contribution in [-0.2, 0) is 11.3 Å². The molecule has 1 amide bonds. The summed E-state index contributed by atoms with van der Waals surface area (Å²) < 4.78 is 1.80. The molecule has 0 fully saturated rings. The average Bonchev–Trinajstić information content (AvgIpc) is 3.19. The number of carbonyl (C=O) groups excluding carboxylic acids is 2. The van der Waals surface area contributed by atoms with Crippen LogP contribution in [0.15, 0.2) is 73.3 Å². The first-order chi connectivity index (χ1) is 16.0. The lowest BCUT2D eigenvalue weighted by Gasteiger charge is -2.07. The Kier molecular flexibility index (Phi) is 5.50. The second-order valence-electron chi connectivity index (χ2n) is 7.30. The summed E-state index contributed by atoms with van der Waals surface area (Å²) in [6, 6.07) is 15.2. The monoisotopic (exact) mass is 475 g/mol. The minimum Gasteiger partial charge on any atom is -0.326 e. The molecule has 162 valence electrons. The van der Waals surface area contributed by atoms with Crippen LogP contribution in [0.4, 0.5) is 5.69 Å². The maximum atomic E-state index is 13.1. The van der Waals surface area contributed by atoms with Gasteiger partial charge >= 0.3 is 0 Å². The maximum Gasteiger partial charge on any atom is 0.296 e. The van der Waals surface area contributed by atoms with Crippen molar-refractivity contribution >= 4 is 62.5 Å². The highest BCUT2D eigenvalue weighted by Gasteiger charge is 2.24. The highest BCUT2D eigenvalue weighted by atomic mass is 35.5. The Morgan fingerprint density at radius 2 is 1.76 bits per heavy atom. The third kappa shape index (κ3) is 4.04. The number of amides is 1. The number of hydrogen-bond acceptors (Lipinski definition) is 5. The van der Waals surface area contributed by atoms with Crippen molar-refractivity contribution in [3.63, 3.8) is 0 Å². The van der Waals surface area contributed by atoms with Gasteiger partial charge in [0.15, 0.2) is 0 Å². The molecule has 7 nitrogen and oxygen atoms in total. The molecule has 5 aromatic rings. The van der Waals surface area contributed by atoms with Gasteiger partial charge in [0.1, 0.15) is 5.65 Å². The Morgan fingerprint density at radius 1 is 0.970 bits per heavy atom. The number of benzene rings is 1. The molecule has 9 heteroatoms. The van der Waals surface area contributed by atoms with Gasteiger partial charge in [-0.3, -0.25) is 19.6 Å². The molecule has 1 N–H and O–H groups in total. The van der Waals surface area contributed by atoms with E-state index in [1.165, 1.54) is 12.4 Å². The zero-order valence-electron chi connectivity index (χ0n) is 17.0. The zero-order chi connectivity index (χ0) is 22.9. The molecular weight excluding hydrogens is 461 g/mol. The van der Waals surface area contributed by atoms with Crippen LogP contribution in [0.25, 0.3) is 21.9 Å². The summed E-state index contributed by atoms with van der Waals surface area (Å²) in [6.07, 6.45) is 5.92. The highest BCUT2D eigenvalue weighted by molar-refractivity contribution is 6.50. The molecule has 0 aliphatic rings. The molecule has 5 rings (SSSR count). The van der Waals surface area contributed by atoms with Crippen molar-refractivity contribution in [2.24, 2.45) is 0 Å². The van der Waals surface area contributed by atoms with Crippen molar-refractivity contribution < 1.29 is 9.59 Å². The van der Waals surface area contributed by atoms with Crippen LogP contribution in [0.3, 0.4) is 0 Å². The predicted octanol–water partition coefficient (Wildman–Crippen LogP) is 5.16. The van der Waals surface area contributed by atoms with E-state index >= 15 is 0 Å². The SMILES string of the molecule is O=C(Nc1c(Cl)cncc1Cl)C(=O)c1cn(Cc2ccc3ccccc3n2)c2ncccc12.